The number of carbonyl (C=O) groups excluding carboxylic acids is 1. The smallest absolute Gasteiger partial charge is 0.276 e. The zero-order valence-corrected chi connectivity index (χ0v) is 16.6. The van der Waals surface area contributed by atoms with E-state index >= 15 is 0 Å². The molecule has 5 heteroatoms. The van der Waals surface area contributed by atoms with Gasteiger partial charge in [0, 0.05) is 18.8 Å². The highest BCUT2D eigenvalue weighted by Gasteiger charge is 2.23. The summed E-state index contributed by atoms with van der Waals surface area (Å²) in [5, 5.41) is 3.36. The Kier molecular flexibility index (Phi) is 5.75. The minimum Gasteiger partial charge on any atom is -0.497 e. The SMILES string of the molecule is COc1cccc(CCNc2ccc(C(=O)N3CCCc4ccccc43)nc2)c1. The van der Waals surface area contributed by atoms with Crippen molar-refractivity contribution in [3.8, 4) is 5.75 Å². The molecule has 1 aliphatic heterocycles. The van der Waals surface area contributed by atoms with Crippen molar-refractivity contribution in [2.45, 2.75) is 19.3 Å². The number of ether oxygens (including phenoxy) is 1. The maximum absolute atomic E-state index is 13.0. The number of aryl methyl sites for hydroxylation is 1. The zero-order valence-electron chi connectivity index (χ0n) is 16.6. The highest BCUT2D eigenvalue weighted by molar-refractivity contribution is 6.05. The lowest BCUT2D eigenvalue weighted by atomic mass is 10.0. The summed E-state index contributed by atoms with van der Waals surface area (Å²) < 4.78 is 5.26. The number of nitrogens with zero attached hydrogens (tertiary/aromatic N) is 2. The lowest BCUT2D eigenvalue weighted by Crippen LogP contribution is -2.35. The van der Waals surface area contributed by atoms with Crippen LogP contribution in [0.5, 0.6) is 5.75 Å². The monoisotopic (exact) mass is 387 g/mol. The average molecular weight is 387 g/mol. The van der Waals surface area contributed by atoms with E-state index in [0.717, 1.165) is 49.5 Å². The average Bonchev–Trinajstić information content (AvgIpc) is 2.79. The van der Waals surface area contributed by atoms with Gasteiger partial charge in [0.15, 0.2) is 0 Å². The van der Waals surface area contributed by atoms with Crippen molar-refractivity contribution in [1.29, 1.82) is 0 Å². The number of fused-ring (bicyclic) bond motifs is 1. The Bertz CT molecular complexity index is 985. The molecule has 148 valence electrons. The predicted octanol–water partition coefficient (Wildman–Crippen LogP) is 4.34. The largest absolute Gasteiger partial charge is 0.497 e. The van der Waals surface area contributed by atoms with Gasteiger partial charge >= 0.3 is 0 Å². The highest BCUT2D eigenvalue weighted by atomic mass is 16.5. The number of amides is 1. The van der Waals surface area contributed by atoms with E-state index in [4.69, 9.17) is 4.74 Å². The number of para-hydroxylation sites is 1. The molecule has 5 nitrogen and oxygen atoms in total. The first kappa shape index (κ1) is 19.0. The van der Waals surface area contributed by atoms with Crippen molar-refractivity contribution in [2.75, 3.05) is 30.4 Å². The molecule has 0 unspecified atom stereocenters. The molecule has 0 atom stereocenters. The van der Waals surface area contributed by atoms with Crippen molar-refractivity contribution in [3.05, 3.63) is 83.7 Å². The van der Waals surface area contributed by atoms with Crippen molar-refractivity contribution < 1.29 is 9.53 Å². The normalized spacial score (nSPS) is 12.9. The fourth-order valence-corrected chi connectivity index (χ4v) is 3.69. The van der Waals surface area contributed by atoms with Gasteiger partial charge in [-0.1, -0.05) is 30.3 Å². The maximum Gasteiger partial charge on any atom is 0.276 e. The van der Waals surface area contributed by atoms with E-state index in [-0.39, 0.29) is 5.91 Å². The quantitative estimate of drug-likeness (QED) is 0.684. The van der Waals surface area contributed by atoms with Crippen LogP contribution in [0.1, 0.15) is 28.0 Å². The van der Waals surface area contributed by atoms with Crippen molar-refractivity contribution in [1.82, 2.24) is 4.98 Å². The summed E-state index contributed by atoms with van der Waals surface area (Å²) in [6.45, 7) is 1.51. The summed E-state index contributed by atoms with van der Waals surface area (Å²) in [7, 11) is 1.67. The predicted molar refractivity (Wildman–Crippen MR) is 116 cm³/mol. The molecular weight excluding hydrogens is 362 g/mol. The topological polar surface area (TPSA) is 54.5 Å². The van der Waals surface area contributed by atoms with Gasteiger partial charge < -0.3 is 15.0 Å². The van der Waals surface area contributed by atoms with Gasteiger partial charge in [0.05, 0.1) is 19.0 Å². The Morgan fingerprint density at radius 3 is 2.86 bits per heavy atom. The van der Waals surface area contributed by atoms with E-state index in [0.29, 0.717) is 5.69 Å². The Labute approximate surface area is 171 Å². The fraction of sp³-hybridized carbons (Fsp3) is 0.250. The second-order valence-electron chi connectivity index (χ2n) is 7.15. The molecule has 0 saturated carbocycles. The zero-order chi connectivity index (χ0) is 20.1. The third kappa shape index (κ3) is 4.40. The van der Waals surface area contributed by atoms with Crippen molar-refractivity contribution in [3.63, 3.8) is 0 Å². The molecule has 0 bridgehead atoms. The summed E-state index contributed by atoms with van der Waals surface area (Å²) in [5.74, 6) is 0.825. The van der Waals surface area contributed by atoms with Crippen LogP contribution in [-0.4, -0.2) is 31.1 Å². The number of nitrogens with one attached hydrogen (secondary N) is 1. The summed E-state index contributed by atoms with van der Waals surface area (Å²) in [4.78, 5) is 19.2. The molecule has 1 aliphatic rings. The van der Waals surface area contributed by atoms with Gasteiger partial charge in [-0.25, -0.2) is 4.98 Å². The molecular formula is C24H25N3O2. The van der Waals surface area contributed by atoms with Gasteiger partial charge in [0.25, 0.3) is 5.91 Å². The summed E-state index contributed by atoms with van der Waals surface area (Å²) in [5.41, 5.74) is 4.82. The molecule has 4 rings (SSSR count). The molecule has 0 radical (unpaired) electrons. The number of hydrogen-bond acceptors (Lipinski definition) is 4. The summed E-state index contributed by atoms with van der Waals surface area (Å²) >= 11 is 0. The standard InChI is InChI=1S/C24H25N3O2/c1-29-21-9-4-6-18(16-21)13-14-25-20-11-12-22(26-17-20)24(28)27-15-5-8-19-7-2-3-10-23(19)27/h2-4,6-7,9-12,16-17,25H,5,8,13-15H2,1H3. The number of rotatable bonds is 6. The van der Waals surface area contributed by atoms with Crippen molar-refractivity contribution >= 4 is 17.3 Å². The Morgan fingerprint density at radius 1 is 1.14 bits per heavy atom. The lowest BCUT2D eigenvalue weighted by Gasteiger charge is -2.29. The fourth-order valence-electron chi connectivity index (χ4n) is 3.69. The number of hydrogen-bond donors (Lipinski definition) is 1. The van der Waals surface area contributed by atoms with E-state index in [9.17, 15) is 4.79 Å². The van der Waals surface area contributed by atoms with Gasteiger partial charge in [-0.3, -0.25) is 4.79 Å². The third-order valence-electron chi connectivity index (χ3n) is 5.21. The second kappa shape index (κ2) is 8.78. The molecule has 2 aromatic carbocycles. The molecule has 1 N–H and O–H groups in total. The molecule has 0 saturated heterocycles. The molecule has 3 aromatic rings. The molecule has 2 heterocycles. The van der Waals surface area contributed by atoms with Crippen LogP contribution in [-0.2, 0) is 12.8 Å². The van der Waals surface area contributed by atoms with Crippen LogP contribution >= 0.6 is 0 Å². The van der Waals surface area contributed by atoms with E-state index in [2.05, 4.69) is 22.4 Å². The van der Waals surface area contributed by atoms with Crippen LogP contribution in [0.15, 0.2) is 66.9 Å². The summed E-state index contributed by atoms with van der Waals surface area (Å²) in [6, 6.07) is 19.9. The molecule has 0 spiro atoms. The molecule has 1 aromatic heterocycles. The van der Waals surface area contributed by atoms with E-state index < -0.39 is 0 Å². The molecule has 29 heavy (non-hydrogen) atoms. The van der Waals surface area contributed by atoms with Crippen molar-refractivity contribution in [2.24, 2.45) is 0 Å². The van der Waals surface area contributed by atoms with Crippen LogP contribution in [0.2, 0.25) is 0 Å². The van der Waals surface area contributed by atoms with Crippen LogP contribution in [0.4, 0.5) is 11.4 Å². The van der Waals surface area contributed by atoms with Gasteiger partial charge in [-0.05, 0) is 60.7 Å². The number of methoxy groups -OCH3 is 1. The van der Waals surface area contributed by atoms with E-state index in [1.165, 1.54) is 11.1 Å². The summed E-state index contributed by atoms with van der Waals surface area (Å²) in [6.07, 6.45) is 4.60. The van der Waals surface area contributed by atoms with Gasteiger partial charge in [0.2, 0.25) is 0 Å². The van der Waals surface area contributed by atoms with E-state index in [1.807, 2.05) is 47.4 Å². The third-order valence-corrected chi connectivity index (χ3v) is 5.21. The number of benzene rings is 2. The Hall–Kier alpha value is -3.34. The van der Waals surface area contributed by atoms with Gasteiger partial charge in [0.1, 0.15) is 11.4 Å². The first-order valence-electron chi connectivity index (χ1n) is 9.97. The number of carbonyl (C=O) groups is 1. The highest BCUT2D eigenvalue weighted by Crippen LogP contribution is 2.27. The minimum atomic E-state index is -0.0416. The second-order valence-corrected chi connectivity index (χ2v) is 7.15. The maximum atomic E-state index is 13.0. The first-order chi connectivity index (χ1) is 14.2. The Morgan fingerprint density at radius 2 is 2.03 bits per heavy atom. The van der Waals surface area contributed by atoms with Crippen LogP contribution in [0, 0.1) is 0 Å². The number of aromatic nitrogens is 1. The Balaban J connectivity index is 1.37. The number of pyridine rings is 1. The molecule has 1 amide bonds. The minimum absolute atomic E-state index is 0.0416. The number of anilines is 2. The van der Waals surface area contributed by atoms with Crippen LogP contribution < -0.4 is 15.0 Å². The van der Waals surface area contributed by atoms with Gasteiger partial charge in [-0.2, -0.15) is 0 Å². The van der Waals surface area contributed by atoms with E-state index in [1.54, 1.807) is 19.4 Å². The van der Waals surface area contributed by atoms with Gasteiger partial charge in [-0.15, -0.1) is 0 Å². The van der Waals surface area contributed by atoms with Crippen LogP contribution in [0.3, 0.4) is 0 Å². The molecule has 0 fully saturated rings. The molecule has 0 aliphatic carbocycles. The lowest BCUT2D eigenvalue weighted by molar-refractivity contribution is 0.0980. The first-order valence-corrected chi connectivity index (χ1v) is 9.97. The van der Waals surface area contributed by atoms with Crippen LogP contribution in [0.25, 0.3) is 0 Å².